The molecule has 0 aliphatic carbocycles. The molecular formula is C37H39N5O4. The van der Waals surface area contributed by atoms with E-state index in [9.17, 15) is 14.4 Å². The minimum atomic E-state index is -0.753. The Kier molecular flexibility index (Phi) is 9.59. The Morgan fingerprint density at radius 1 is 0.783 bits per heavy atom. The second kappa shape index (κ2) is 14.3. The van der Waals surface area contributed by atoms with Gasteiger partial charge in [-0.2, -0.15) is 0 Å². The van der Waals surface area contributed by atoms with Crippen LogP contribution in [0, 0.1) is 0 Å². The lowest BCUT2D eigenvalue weighted by Crippen LogP contribution is -2.76. The fourth-order valence-corrected chi connectivity index (χ4v) is 6.16. The van der Waals surface area contributed by atoms with Gasteiger partial charge in [-0.25, -0.2) is 14.8 Å². The van der Waals surface area contributed by atoms with E-state index < -0.39 is 12.2 Å². The van der Waals surface area contributed by atoms with Crippen LogP contribution in [0.15, 0.2) is 115 Å². The first-order chi connectivity index (χ1) is 22.5. The summed E-state index contributed by atoms with van der Waals surface area (Å²) in [5.41, 5.74) is 4.07. The number of likely N-dealkylation sites (N-methyl/N-ethyl adjacent to an activating group) is 1. The molecule has 1 N–H and O–H groups in total. The number of carbonyl (C=O) groups excluding carboxylic acids is 3. The molecule has 2 heterocycles. The summed E-state index contributed by atoms with van der Waals surface area (Å²) < 4.78 is 5.96. The van der Waals surface area contributed by atoms with Gasteiger partial charge in [0, 0.05) is 26.6 Å². The lowest BCUT2D eigenvalue weighted by Gasteiger charge is -2.54. The third-order valence-corrected chi connectivity index (χ3v) is 8.55. The highest BCUT2D eigenvalue weighted by molar-refractivity contribution is 5.91. The number of piperazine rings is 1. The molecule has 2 aliphatic rings. The van der Waals surface area contributed by atoms with E-state index in [4.69, 9.17) is 4.74 Å². The van der Waals surface area contributed by atoms with Crippen LogP contribution < -0.4 is 10.1 Å². The van der Waals surface area contributed by atoms with Crippen molar-refractivity contribution in [2.45, 2.75) is 38.2 Å². The van der Waals surface area contributed by atoms with E-state index in [-0.39, 0.29) is 30.9 Å². The third kappa shape index (κ3) is 7.21. The van der Waals surface area contributed by atoms with E-state index in [1.807, 2.05) is 115 Å². The van der Waals surface area contributed by atoms with Crippen molar-refractivity contribution in [1.82, 2.24) is 25.1 Å². The van der Waals surface area contributed by atoms with Crippen LogP contribution in [0.4, 0.5) is 4.79 Å². The van der Waals surface area contributed by atoms with E-state index in [0.29, 0.717) is 32.5 Å². The Balaban J connectivity index is 1.22. The smallest absolute Gasteiger partial charge is 0.334 e. The molecule has 4 aromatic carbocycles. The van der Waals surface area contributed by atoms with Crippen LogP contribution in [0.1, 0.15) is 22.3 Å². The molecule has 0 bridgehead atoms. The zero-order chi connectivity index (χ0) is 31.9. The van der Waals surface area contributed by atoms with E-state index >= 15 is 0 Å². The van der Waals surface area contributed by atoms with E-state index in [1.54, 1.807) is 26.9 Å². The summed E-state index contributed by atoms with van der Waals surface area (Å²) in [6.45, 7) is 1.51. The number of amides is 4. The van der Waals surface area contributed by atoms with Crippen molar-refractivity contribution >= 4 is 17.8 Å². The van der Waals surface area contributed by atoms with Gasteiger partial charge in [0.1, 0.15) is 24.6 Å². The fourth-order valence-electron chi connectivity index (χ4n) is 6.16. The van der Waals surface area contributed by atoms with Crippen LogP contribution in [-0.4, -0.2) is 76.6 Å². The Morgan fingerprint density at radius 2 is 1.39 bits per heavy atom. The van der Waals surface area contributed by atoms with E-state index in [2.05, 4.69) is 5.32 Å². The summed E-state index contributed by atoms with van der Waals surface area (Å²) in [7, 11) is 1.74. The predicted octanol–water partition coefficient (Wildman–Crippen LogP) is 4.49. The van der Waals surface area contributed by atoms with Crippen LogP contribution in [0.2, 0.25) is 0 Å². The summed E-state index contributed by atoms with van der Waals surface area (Å²) in [4.78, 5) is 44.9. The number of carbonyl (C=O) groups is 3. The number of fused-ring (bicyclic) bond motifs is 1. The molecule has 0 unspecified atom stereocenters. The summed E-state index contributed by atoms with van der Waals surface area (Å²) in [5.74, 6) is 0.435. The molecule has 4 amide bonds. The standard InChI is InChI=1S/C37H39N5O4/c1-39-26-35(43)41-33(23-29-17-19-32(20-18-29)46-27-31-15-9-4-10-16-31)36(44)40(22-21-28-11-5-2-6-12-28)25-34(41)42(39)37(45)38-24-30-13-7-3-8-14-30/h2-20,33-34H,21-27H2,1H3,(H,38,45)/t33-,34-/m0/s1. The fraction of sp³-hybridized carbons (Fsp3) is 0.270. The van der Waals surface area contributed by atoms with Crippen molar-refractivity contribution in [1.29, 1.82) is 0 Å². The van der Waals surface area contributed by atoms with Gasteiger partial charge in [0.05, 0.1) is 13.1 Å². The minimum Gasteiger partial charge on any atom is -0.489 e. The molecule has 0 saturated carbocycles. The highest BCUT2D eigenvalue weighted by Crippen LogP contribution is 2.28. The molecule has 46 heavy (non-hydrogen) atoms. The molecular weight excluding hydrogens is 578 g/mol. The van der Waals surface area contributed by atoms with Crippen molar-refractivity contribution in [3.8, 4) is 5.75 Å². The van der Waals surface area contributed by atoms with Gasteiger partial charge in [-0.05, 0) is 40.8 Å². The molecule has 2 aliphatic heterocycles. The molecule has 0 spiro atoms. The predicted molar refractivity (Wildman–Crippen MR) is 175 cm³/mol. The highest BCUT2D eigenvalue weighted by Gasteiger charge is 2.50. The van der Waals surface area contributed by atoms with E-state index in [0.717, 1.165) is 28.0 Å². The lowest BCUT2D eigenvalue weighted by atomic mass is 9.98. The van der Waals surface area contributed by atoms with Gasteiger partial charge in [0.15, 0.2) is 0 Å². The van der Waals surface area contributed by atoms with Crippen molar-refractivity contribution in [2.75, 3.05) is 26.7 Å². The Bertz CT molecular complexity index is 1620. The number of rotatable bonds is 10. The molecule has 4 aromatic rings. The number of benzene rings is 4. The maximum Gasteiger partial charge on any atom is 0.334 e. The van der Waals surface area contributed by atoms with Crippen LogP contribution >= 0.6 is 0 Å². The number of hydrazine groups is 1. The van der Waals surface area contributed by atoms with Gasteiger partial charge >= 0.3 is 6.03 Å². The van der Waals surface area contributed by atoms with E-state index in [1.165, 1.54) is 0 Å². The molecule has 2 saturated heterocycles. The van der Waals surface area contributed by atoms with Gasteiger partial charge < -0.3 is 19.9 Å². The second-order valence-corrected chi connectivity index (χ2v) is 11.7. The topological polar surface area (TPSA) is 85.4 Å². The average molecular weight is 618 g/mol. The number of nitrogens with one attached hydrogen (secondary N) is 1. The van der Waals surface area contributed by atoms with Gasteiger partial charge in [0.2, 0.25) is 11.8 Å². The normalized spacial score (nSPS) is 18.3. The van der Waals surface area contributed by atoms with Crippen LogP contribution in [0.25, 0.3) is 0 Å². The Hall–Kier alpha value is -5.15. The van der Waals surface area contributed by atoms with Crippen molar-refractivity contribution in [2.24, 2.45) is 0 Å². The number of hydrogen-bond acceptors (Lipinski definition) is 5. The first-order valence-electron chi connectivity index (χ1n) is 15.7. The SMILES string of the molecule is CN1CC(=O)N2[C@@H](Cc3ccc(OCc4ccccc4)cc3)C(=O)N(CCc3ccccc3)C[C@@H]2N1C(=O)NCc1ccccc1. The highest BCUT2D eigenvalue weighted by atomic mass is 16.5. The third-order valence-electron chi connectivity index (χ3n) is 8.55. The van der Waals surface area contributed by atoms with Crippen LogP contribution in [0.3, 0.4) is 0 Å². The largest absolute Gasteiger partial charge is 0.489 e. The van der Waals surface area contributed by atoms with Crippen molar-refractivity contribution < 1.29 is 19.1 Å². The first kappa shape index (κ1) is 30.9. The number of nitrogens with zero attached hydrogens (tertiary/aromatic N) is 4. The maximum absolute atomic E-state index is 14.1. The Morgan fingerprint density at radius 3 is 2.04 bits per heavy atom. The Labute approximate surface area is 269 Å². The van der Waals surface area contributed by atoms with Gasteiger partial charge in [-0.1, -0.05) is 103 Å². The van der Waals surface area contributed by atoms with Crippen molar-refractivity contribution in [3.05, 3.63) is 138 Å². The number of ether oxygens (including phenoxy) is 1. The molecule has 2 fully saturated rings. The van der Waals surface area contributed by atoms with Gasteiger partial charge in [-0.15, -0.1) is 0 Å². The summed E-state index contributed by atoms with van der Waals surface area (Å²) in [6, 6.07) is 36.3. The minimum absolute atomic E-state index is 0.00465. The number of urea groups is 1. The molecule has 2 atom stereocenters. The molecule has 0 aromatic heterocycles. The number of hydrogen-bond donors (Lipinski definition) is 1. The average Bonchev–Trinajstić information content (AvgIpc) is 3.08. The molecule has 9 nitrogen and oxygen atoms in total. The van der Waals surface area contributed by atoms with Gasteiger partial charge in [0.25, 0.3) is 0 Å². The summed E-state index contributed by atoms with van der Waals surface area (Å²) >= 11 is 0. The lowest BCUT2D eigenvalue weighted by molar-refractivity contribution is -0.186. The monoisotopic (exact) mass is 617 g/mol. The molecule has 0 radical (unpaired) electrons. The molecule has 6 rings (SSSR count). The second-order valence-electron chi connectivity index (χ2n) is 11.7. The zero-order valence-electron chi connectivity index (χ0n) is 26.0. The quantitative estimate of drug-likeness (QED) is 0.284. The maximum atomic E-state index is 14.1. The van der Waals surface area contributed by atoms with Crippen LogP contribution in [-0.2, 0) is 35.6 Å². The molecule has 9 heteroatoms. The van der Waals surface area contributed by atoms with Crippen LogP contribution in [0.5, 0.6) is 5.75 Å². The molecule has 236 valence electrons. The van der Waals surface area contributed by atoms with Crippen molar-refractivity contribution in [3.63, 3.8) is 0 Å². The zero-order valence-corrected chi connectivity index (χ0v) is 26.0. The van der Waals surface area contributed by atoms with Gasteiger partial charge in [-0.3, -0.25) is 9.59 Å². The first-order valence-corrected chi connectivity index (χ1v) is 15.7. The summed E-state index contributed by atoms with van der Waals surface area (Å²) in [6.07, 6.45) is 0.350. The summed E-state index contributed by atoms with van der Waals surface area (Å²) in [5, 5.41) is 6.27.